The van der Waals surface area contributed by atoms with Gasteiger partial charge in [0.1, 0.15) is 12.2 Å². The molecule has 1 aromatic carbocycles. The third-order valence-electron chi connectivity index (χ3n) is 6.15. The van der Waals surface area contributed by atoms with Crippen molar-refractivity contribution >= 4 is 34.6 Å². The molecule has 1 aliphatic heterocycles. The van der Waals surface area contributed by atoms with Crippen LogP contribution in [0.1, 0.15) is 22.3 Å². The number of imidazole rings is 1. The maximum absolute atomic E-state index is 12.5. The SMILES string of the molecule is O=C(NCC1=C[CH-]1)c1ccc2nc(Nc3cc(CN4CCN(C(=O)CC(F)(F)F)CC4)ccn3)[nH]c2c1. The second-order valence-corrected chi connectivity index (χ2v) is 9.03. The van der Waals surface area contributed by atoms with Gasteiger partial charge in [0.25, 0.3) is 5.91 Å². The number of aromatic nitrogens is 3. The van der Waals surface area contributed by atoms with Gasteiger partial charge in [-0.1, -0.05) is 0 Å². The van der Waals surface area contributed by atoms with Crippen LogP contribution in [-0.4, -0.2) is 75.5 Å². The lowest BCUT2D eigenvalue weighted by atomic mass is 10.2. The number of carbonyl (C=O) groups excluding carboxylic acids is 2. The van der Waals surface area contributed by atoms with Gasteiger partial charge in [-0.25, -0.2) is 15.5 Å². The molecule has 0 spiro atoms. The van der Waals surface area contributed by atoms with Crippen molar-refractivity contribution in [1.82, 2.24) is 30.1 Å². The minimum absolute atomic E-state index is 0.160. The lowest BCUT2D eigenvalue weighted by Gasteiger charge is -2.35. The van der Waals surface area contributed by atoms with E-state index >= 15 is 0 Å². The molecular weight excluding hydrogens is 487 g/mol. The Balaban J connectivity index is 1.17. The average molecular weight is 513 g/mol. The second kappa shape index (κ2) is 10.1. The Morgan fingerprint density at radius 2 is 1.89 bits per heavy atom. The summed E-state index contributed by atoms with van der Waals surface area (Å²) >= 11 is 0. The molecule has 0 bridgehead atoms. The fraction of sp³-hybridized carbons (Fsp3) is 0.320. The van der Waals surface area contributed by atoms with Gasteiger partial charge >= 0.3 is 6.18 Å². The summed E-state index contributed by atoms with van der Waals surface area (Å²) in [6.45, 7) is 2.60. The number of aromatic amines is 1. The number of fused-ring (bicyclic) bond motifs is 1. The molecule has 9 nitrogen and oxygen atoms in total. The number of H-pyrrole nitrogens is 1. The largest absolute Gasteiger partial charge is 0.397 e. The van der Waals surface area contributed by atoms with Gasteiger partial charge in [-0.2, -0.15) is 13.2 Å². The Labute approximate surface area is 210 Å². The van der Waals surface area contributed by atoms with Crippen LogP contribution in [0, 0.1) is 6.42 Å². The van der Waals surface area contributed by atoms with E-state index in [9.17, 15) is 22.8 Å². The predicted octanol–water partition coefficient (Wildman–Crippen LogP) is 3.17. The normalized spacial score (nSPS) is 15.8. The van der Waals surface area contributed by atoms with E-state index in [1.165, 1.54) is 4.90 Å². The maximum atomic E-state index is 12.5. The van der Waals surface area contributed by atoms with Crippen LogP contribution >= 0.6 is 0 Å². The molecule has 0 radical (unpaired) electrons. The summed E-state index contributed by atoms with van der Waals surface area (Å²) in [7, 11) is 0. The fourth-order valence-corrected chi connectivity index (χ4v) is 4.13. The molecule has 37 heavy (non-hydrogen) atoms. The summed E-state index contributed by atoms with van der Waals surface area (Å²) in [5.74, 6) is 0.0111. The number of anilines is 2. The standard InChI is InChI=1S/C25H25F3N7O2/c26-25(27,28)13-22(36)35-9-7-34(8-10-35)15-17-5-6-29-21(11-17)33-24-31-19-4-3-18(12-20(19)32-24)23(37)30-14-16-1-2-16/h1-6,11-12H,7-10,13-15H2,(H,30,37)(H2,29,31,32,33)/q-1. The zero-order chi connectivity index (χ0) is 26.0. The lowest BCUT2D eigenvalue weighted by Crippen LogP contribution is -2.49. The molecule has 0 unspecified atom stereocenters. The molecule has 1 fully saturated rings. The first kappa shape index (κ1) is 24.6. The van der Waals surface area contributed by atoms with Gasteiger partial charge in [-0.05, 0) is 42.4 Å². The molecule has 5 rings (SSSR count). The van der Waals surface area contributed by atoms with E-state index in [1.807, 2.05) is 24.6 Å². The van der Waals surface area contributed by atoms with Crippen molar-refractivity contribution in [3.8, 4) is 0 Å². The van der Waals surface area contributed by atoms with Crippen LogP contribution < -0.4 is 10.6 Å². The van der Waals surface area contributed by atoms with E-state index in [-0.39, 0.29) is 19.0 Å². The molecule has 2 amide bonds. The maximum Gasteiger partial charge on any atom is 0.397 e. The quantitative estimate of drug-likeness (QED) is 0.401. The van der Waals surface area contributed by atoms with Gasteiger partial charge in [-0.15, -0.1) is 0 Å². The van der Waals surface area contributed by atoms with Crippen LogP contribution in [0.4, 0.5) is 24.9 Å². The van der Waals surface area contributed by atoms with Crippen molar-refractivity contribution in [2.45, 2.75) is 19.1 Å². The third kappa shape index (κ3) is 6.58. The van der Waals surface area contributed by atoms with Crippen molar-refractivity contribution < 1.29 is 22.8 Å². The number of carbonyl (C=O) groups is 2. The molecule has 12 heteroatoms. The number of hydrogen-bond acceptors (Lipinski definition) is 6. The van der Waals surface area contributed by atoms with Crippen LogP contribution in [-0.2, 0) is 11.3 Å². The van der Waals surface area contributed by atoms with Crippen LogP contribution in [0.5, 0.6) is 0 Å². The van der Waals surface area contributed by atoms with Gasteiger partial charge in [0.15, 0.2) is 0 Å². The Hall–Kier alpha value is -4.06. The monoisotopic (exact) mass is 512 g/mol. The van der Waals surface area contributed by atoms with E-state index in [4.69, 9.17) is 0 Å². The second-order valence-electron chi connectivity index (χ2n) is 9.03. The van der Waals surface area contributed by atoms with E-state index in [1.54, 1.807) is 24.4 Å². The molecule has 1 aliphatic carbocycles. The third-order valence-corrected chi connectivity index (χ3v) is 6.15. The van der Waals surface area contributed by atoms with Crippen LogP contribution in [0.25, 0.3) is 11.0 Å². The first-order chi connectivity index (χ1) is 17.7. The number of piperazine rings is 1. The number of rotatable bonds is 8. The zero-order valence-corrected chi connectivity index (χ0v) is 19.8. The number of nitrogens with zero attached hydrogens (tertiary/aromatic N) is 4. The lowest BCUT2D eigenvalue weighted by molar-refractivity contribution is -0.162. The van der Waals surface area contributed by atoms with Crippen LogP contribution in [0.15, 0.2) is 48.2 Å². The molecular formula is C25H25F3N7O2-. The summed E-state index contributed by atoms with van der Waals surface area (Å²) in [6.07, 6.45) is -0.342. The minimum atomic E-state index is -4.49. The van der Waals surface area contributed by atoms with Crippen molar-refractivity contribution in [2.75, 3.05) is 38.0 Å². The van der Waals surface area contributed by atoms with Gasteiger partial charge in [-0.3, -0.25) is 27.0 Å². The molecule has 0 atom stereocenters. The van der Waals surface area contributed by atoms with Gasteiger partial charge in [0.2, 0.25) is 11.9 Å². The molecule has 3 N–H and O–H groups in total. The Morgan fingerprint density at radius 3 is 2.62 bits per heavy atom. The van der Waals surface area contributed by atoms with Crippen molar-refractivity contribution in [3.05, 3.63) is 65.7 Å². The Bertz CT molecular complexity index is 1340. The van der Waals surface area contributed by atoms with Crippen LogP contribution in [0.2, 0.25) is 0 Å². The number of benzene rings is 1. The summed E-state index contributed by atoms with van der Waals surface area (Å²) < 4.78 is 37.5. The summed E-state index contributed by atoms with van der Waals surface area (Å²) in [5.41, 5.74) is 4.01. The molecule has 0 saturated carbocycles. The van der Waals surface area contributed by atoms with E-state index in [0.29, 0.717) is 54.5 Å². The molecule has 194 valence electrons. The van der Waals surface area contributed by atoms with Crippen molar-refractivity contribution in [2.24, 2.45) is 0 Å². The van der Waals surface area contributed by atoms with E-state index in [2.05, 4.69) is 30.5 Å². The molecule has 3 aromatic rings. The number of allylic oxidation sites excluding steroid dienone is 1. The fourth-order valence-electron chi connectivity index (χ4n) is 4.13. The average Bonchev–Trinajstić information content (AvgIpc) is 3.60. The highest BCUT2D eigenvalue weighted by molar-refractivity contribution is 5.97. The summed E-state index contributed by atoms with van der Waals surface area (Å²) in [6, 6.07) is 8.99. The molecule has 1 saturated heterocycles. The molecule has 3 heterocycles. The topological polar surface area (TPSA) is 106 Å². The van der Waals surface area contributed by atoms with Gasteiger partial charge in [0.05, 0.1) is 11.0 Å². The summed E-state index contributed by atoms with van der Waals surface area (Å²) in [4.78, 5) is 39.5. The number of halogens is 3. The van der Waals surface area contributed by atoms with E-state index < -0.39 is 18.5 Å². The summed E-state index contributed by atoms with van der Waals surface area (Å²) in [5, 5.41) is 6.01. The predicted molar refractivity (Wildman–Crippen MR) is 131 cm³/mol. The zero-order valence-electron chi connectivity index (χ0n) is 19.8. The highest BCUT2D eigenvalue weighted by Gasteiger charge is 2.34. The van der Waals surface area contributed by atoms with E-state index in [0.717, 1.165) is 11.1 Å². The first-order valence-electron chi connectivity index (χ1n) is 11.8. The van der Waals surface area contributed by atoms with Crippen molar-refractivity contribution in [1.29, 1.82) is 0 Å². The first-order valence-corrected chi connectivity index (χ1v) is 11.8. The number of amides is 2. The smallest absolute Gasteiger partial charge is 0.361 e. The minimum Gasteiger partial charge on any atom is -0.361 e. The Morgan fingerprint density at radius 1 is 1.11 bits per heavy atom. The van der Waals surface area contributed by atoms with Crippen molar-refractivity contribution in [3.63, 3.8) is 0 Å². The molecule has 2 aromatic heterocycles. The molecule has 2 aliphatic rings. The number of hydrogen-bond donors (Lipinski definition) is 3. The Kier molecular flexibility index (Phi) is 6.74. The number of nitrogens with one attached hydrogen (secondary N) is 3. The van der Waals surface area contributed by atoms with Crippen LogP contribution in [0.3, 0.4) is 0 Å². The number of alkyl halides is 3. The van der Waals surface area contributed by atoms with Gasteiger partial charge < -0.3 is 20.5 Å². The van der Waals surface area contributed by atoms with Gasteiger partial charge in [0, 0.05) is 44.5 Å². The highest BCUT2D eigenvalue weighted by Crippen LogP contribution is 2.22. The highest BCUT2D eigenvalue weighted by atomic mass is 19.4. The number of pyridine rings is 1.